The fourth-order valence-corrected chi connectivity index (χ4v) is 4.10. The summed E-state index contributed by atoms with van der Waals surface area (Å²) in [5.74, 6) is 6.54. The van der Waals surface area contributed by atoms with Gasteiger partial charge in [-0.3, -0.25) is 0 Å². The Morgan fingerprint density at radius 3 is 1.26 bits per heavy atom. The molecule has 0 amide bonds. The molecule has 4 heteroatoms. The van der Waals surface area contributed by atoms with E-state index in [2.05, 4.69) is 54.9 Å². The van der Waals surface area contributed by atoms with Gasteiger partial charge in [-0.1, -0.05) is 64.2 Å². The first kappa shape index (κ1) is 27.8. The normalized spacial score (nSPS) is 10.6. The summed E-state index contributed by atoms with van der Waals surface area (Å²) in [6, 6.07) is 16.7. The van der Waals surface area contributed by atoms with Gasteiger partial charge in [0, 0.05) is 48.7 Å². The monoisotopic (exact) mass is 464 g/mol. The molecule has 0 saturated heterocycles. The number of benzene rings is 2. The highest BCUT2D eigenvalue weighted by atomic mass is 16.3. The average Bonchev–Trinajstić information content (AvgIpc) is 2.87. The van der Waals surface area contributed by atoms with Gasteiger partial charge in [0.05, 0.1) is 13.2 Å². The summed E-state index contributed by atoms with van der Waals surface area (Å²) in [5.41, 5.74) is 4.26. The van der Waals surface area contributed by atoms with Crippen LogP contribution in [-0.4, -0.2) is 49.6 Å². The Kier molecular flexibility index (Phi) is 13.9. The number of unbranched alkanes of at least 4 members (excludes halogenated alkanes) is 6. The molecule has 4 nitrogen and oxygen atoms in total. The minimum Gasteiger partial charge on any atom is -0.395 e. The third-order valence-corrected chi connectivity index (χ3v) is 6.12. The SMILES string of the molecule is CCCCCCN(CCCCCC)c1ccc(C#Cc2ccc(N(CCO)CCO)cc2)cc1. The summed E-state index contributed by atoms with van der Waals surface area (Å²) in [7, 11) is 0. The second-order valence-corrected chi connectivity index (χ2v) is 8.89. The molecule has 0 aromatic heterocycles. The summed E-state index contributed by atoms with van der Waals surface area (Å²) in [5, 5.41) is 18.4. The zero-order valence-electron chi connectivity index (χ0n) is 21.3. The van der Waals surface area contributed by atoms with Crippen molar-refractivity contribution in [2.75, 3.05) is 49.2 Å². The zero-order chi connectivity index (χ0) is 24.4. The van der Waals surface area contributed by atoms with Crippen LogP contribution in [0.2, 0.25) is 0 Å². The quantitative estimate of drug-likeness (QED) is 0.242. The van der Waals surface area contributed by atoms with Crippen molar-refractivity contribution >= 4 is 11.4 Å². The van der Waals surface area contributed by atoms with Crippen LogP contribution in [0.1, 0.15) is 76.3 Å². The first-order valence-electron chi connectivity index (χ1n) is 13.2. The van der Waals surface area contributed by atoms with E-state index in [9.17, 15) is 10.2 Å². The lowest BCUT2D eigenvalue weighted by atomic mass is 10.1. The molecule has 0 saturated carbocycles. The molecule has 2 rings (SSSR count). The second kappa shape index (κ2) is 17.0. The molecule has 0 heterocycles. The molecule has 0 aliphatic carbocycles. The summed E-state index contributed by atoms with van der Waals surface area (Å²) in [4.78, 5) is 4.51. The van der Waals surface area contributed by atoms with Crippen molar-refractivity contribution in [1.29, 1.82) is 0 Å². The Hall–Kier alpha value is -2.48. The fraction of sp³-hybridized carbons (Fsp3) is 0.533. The molecule has 0 fully saturated rings. The maximum absolute atomic E-state index is 9.22. The van der Waals surface area contributed by atoms with Gasteiger partial charge in [-0.15, -0.1) is 0 Å². The third kappa shape index (κ3) is 10.2. The minimum absolute atomic E-state index is 0.0620. The Bertz CT molecular complexity index is 819. The number of rotatable bonds is 16. The molecule has 0 aliphatic rings. The number of nitrogens with zero attached hydrogens (tertiary/aromatic N) is 2. The van der Waals surface area contributed by atoms with Crippen LogP contribution >= 0.6 is 0 Å². The van der Waals surface area contributed by atoms with Crippen molar-refractivity contribution < 1.29 is 10.2 Å². The van der Waals surface area contributed by atoms with Gasteiger partial charge in [-0.05, 0) is 61.4 Å². The third-order valence-electron chi connectivity index (χ3n) is 6.12. The van der Waals surface area contributed by atoms with E-state index in [1.54, 1.807) is 0 Å². The number of hydrogen-bond acceptors (Lipinski definition) is 4. The van der Waals surface area contributed by atoms with Gasteiger partial charge in [0.15, 0.2) is 0 Å². The van der Waals surface area contributed by atoms with Crippen LogP contribution < -0.4 is 9.80 Å². The lowest BCUT2D eigenvalue weighted by Gasteiger charge is -2.25. The first-order chi connectivity index (χ1) is 16.7. The predicted octanol–water partition coefficient (Wildman–Crippen LogP) is 5.84. The van der Waals surface area contributed by atoms with Crippen LogP contribution in [0.15, 0.2) is 48.5 Å². The zero-order valence-corrected chi connectivity index (χ0v) is 21.3. The van der Waals surface area contributed by atoms with Crippen LogP contribution in [-0.2, 0) is 0 Å². The van der Waals surface area contributed by atoms with Crippen molar-refractivity contribution in [1.82, 2.24) is 0 Å². The largest absolute Gasteiger partial charge is 0.395 e. The maximum Gasteiger partial charge on any atom is 0.0606 e. The van der Waals surface area contributed by atoms with Crippen LogP contribution in [0.4, 0.5) is 11.4 Å². The van der Waals surface area contributed by atoms with Gasteiger partial charge >= 0.3 is 0 Å². The molecule has 0 atom stereocenters. The highest BCUT2D eigenvalue weighted by Gasteiger charge is 2.07. The molecule has 0 bridgehead atoms. The molecule has 34 heavy (non-hydrogen) atoms. The summed E-state index contributed by atoms with van der Waals surface area (Å²) in [6.45, 7) is 7.93. The van der Waals surface area contributed by atoms with Crippen LogP contribution in [0, 0.1) is 11.8 Å². The summed E-state index contributed by atoms with van der Waals surface area (Å²) in [6.07, 6.45) is 10.3. The van der Waals surface area contributed by atoms with E-state index >= 15 is 0 Å². The average molecular weight is 465 g/mol. The van der Waals surface area contributed by atoms with Crippen LogP contribution in [0.3, 0.4) is 0 Å². The van der Waals surface area contributed by atoms with Gasteiger partial charge in [0.2, 0.25) is 0 Å². The lowest BCUT2D eigenvalue weighted by Crippen LogP contribution is -2.29. The standard InChI is InChI=1S/C30H44N2O2/c1-3-5-7-9-21-31(22-10-8-6-4-2)29-17-13-27(14-18-29)11-12-28-15-19-30(20-16-28)32(23-25-33)24-26-34/h13-20,33-34H,3-10,21-26H2,1-2H3. The van der Waals surface area contributed by atoms with Crippen LogP contribution in [0.25, 0.3) is 0 Å². The second-order valence-electron chi connectivity index (χ2n) is 8.89. The molecular weight excluding hydrogens is 420 g/mol. The lowest BCUT2D eigenvalue weighted by molar-refractivity contribution is 0.281. The maximum atomic E-state index is 9.22. The number of hydrogen-bond donors (Lipinski definition) is 2. The molecular formula is C30H44N2O2. The number of aliphatic hydroxyl groups is 2. The van der Waals surface area contributed by atoms with Crippen molar-refractivity contribution in [2.45, 2.75) is 65.2 Å². The molecule has 0 unspecified atom stereocenters. The predicted molar refractivity (Wildman–Crippen MR) is 146 cm³/mol. The van der Waals surface area contributed by atoms with E-state index in [1.807, 2.05) is 29.2 Å². The van der Waals surface area contributed by atoms with Gasteiger partial charge in [-0.25, -0.2) is 0 Å². The number of aliphatic hydroxyl groups excluding tert-OH is 2. The molecule has 2 aromatic carbocycles. The fourth-order valence-electron chi connectivity index (χ4n) is 4.10. The highest BCUT2D eigenvalue weighted by molar-refractivity contribution is 5.54. The van der Waals surface area contributed by atoms with E-state index in [-0.39, 0.29) is 13.2 Å². The first-order valence-corrected chi connectivity index (χ1v) is 13.2. The molecule has 186 valence electrons. The Morgan fingerprint density at radius 2 is 0.912 bits per heavy atom. The van der Waals surface area contributed by atoms with Crippen molar-refractivity contribution in [2.24, 2.45) is 0 Å². The van der Waals surface area contributed by atoms with Gasteiger partial charge in [0.1, 0.15) is 0 Å². The van der Waals surface area contributed by atoms with Crippen LogP contribution in [0.5, 0.6) is 0 Å². The van der Waals surface area contributed by atoms with E-state index in [0.29, 0.717) is 13.1 Å². The summed E-state index contributed by atoms with van der Waals surface area (Å²) < 4.78 is 0. The molecule has 0 aliphatic heterocycles. The Morgan fingerprint density at radius 1 is 0.529 bits per heavy atom. The van der Waals surface area contributed by atoms with E-state index in [4.69, 9.17) is 0 Å². The van der Waals surface area contributed by atoms with Crippen molar-refractivity contribution in [3.05, 3.63) is 59.7 Å². The Balaban J connectivity index is 2.01. The molecule has 2 aromatic rings. The topological polar surface area (TPSA) is 46.9 Å². The van der Waals surface area contributed by atoms with E-state index < -0.39 is 0 Å². The minimum atomic E-state index is 0.0620. The Labute approximate surface area is 207 Å². The molecule has 0 spiro atoms. The van der Waals surface area contributed by atoms with Crippen molar-refractivity contribution in [3.63, 3.8) is 0 Å². The summed E-state index contributed by atoms with van der Waals surface area (Å²) >= 11 is 0. The molecule has 0 radical (unpaired) electrons. The smallest absolute Gasteiger partial charge is 0.0606 e. The highest BCUT2D eigenvalue weighted by Crippen LogP contribution is 2.18. The van der Waals surface area contributed by atoms with Gasteiger partial charge < -0.3 is 20.0 Å². The number of anilines is 2. The van der Waals surface area contributed by atoms with Gasteiger partial charge in [0.25, 0.3) is 0 Å². The van der Waals surface area contributed by atoms with E-state index in [1.165, 1.54) is 57.1 Å². The van der Waals surface area contributed by atoms with Gasteiger partial charge in [-0.2, -0.15) is 0 Å². The van der Waals surface area contributed by atoms with Crippen molar-refractivity contribution in [3.8, 4) is 11.8 Å². The van der Waals surface area contributed by atoms with E-state index in [0.717, 1.165) is 29.9 Å². The molecule has 2 N–H and O–H groups in total.